The van der Waals surface area contributed by atoms with Gasteiger partial charge in [-0.1, -0.05) is 37.3 Å². The summed E-state index contributed by atoms with van der Waals surface area (Å²) < 4.78 is 38.2. The van der Waals surface area contributed by atoms with Gasteiger partial charge < -0.3 is 5.32 Å². The fourth-order valence-corrected chi connectivity index (χ4v) is 7.02. The van der Waals surface area contributed by atoms with Gasteiger partial charge in [0.2, 0.25) is 0 Å². The smallest absolute Gasteiger partial charge is 0.150 e. The van der Waals surface area contributed by atoms with Crippen LogP contribution in [0.2, 0.25) is 0 Å². The molecule has 2 atom stereocenters. The summed E-state index contributed by atoms with van der Waals surface area (Å²) in [6.45, 7) is 3.07. The molecule has 3 nitrogen and oxygen atoms in total. The number of unbranched alkanes of at least 4 members (excludes halogenated alkanes) is 1. The minimum absolute atomic E-state index is 0.177. The van der Waals surface area contributed by atoms with Crippen LogP contribution in [-0.2, 0) is 29.1 Å². The van der Waals surface area contributed by atoms with Gasteiger partial charge in [-0.25, -0.2) is 12.8 Å². The molecule has 2 unspecified atom stereocenters. The number of hydrogen-bond acceptors (Lipinski definition) is 3. The molecule has 174 valence electrons. The molecular formula is C27H36FNO2S. The first-order chi connectivity index (χ1) is 15.4. The zero-order valence-electron chi connectivity index (χ0n) is 19.2. The molecule has 2 aromatic carbocycles. The second-order valence-electron chi connectivity index (χ2n) is 9.69. The molecule has 0 aromatic heterocycles. The third-order valence-electron chi connectivity index (χ3n) is 6.99. The predicted octanol–water partition coefficient (Wildman–Crippen LogP) is 5.22. The molecule has 0 radical (unpaired) electrons. The Labute approximate surface area is 192 Å². The predicted molar refractivity (Wildman–Crippen MR) is 129 cm³/mol. The van der Waals surface area contributed by atoms with E-state index in [4.69, 9.17) is 0 Å². The Balaban J connectivity index is 1.43. The highest BCUT2D eigenvalue weighted by Gasteiger charge is 2.30. The summed E-state index contributed by atoms with van der Waals surface area (Å²) in [5.41, 5.74) is 5.10. The van der Waals surface area contributed by atoms with Crippen molar-refractivity contribution in [1.29, 1.82) is 0 Å². The van der Waals surface area contributed by atoms with Crippen LogP contribution >= 0.6 is 0 Å². The van der Waals surface area contributed by atoms with E-state index in [9.17, 15) is 12.8 Å². The van der Waals surface area contributed by atoms with E-state index in [1.165, 1.54) is 22.8 Å². The van der Waals surface area contributed by atoms with Gasteiger partial charge in [-0.15, -0.1) is 0 Å². The number of rotatable bonds is 11. The molecule has 0 bridgehead atoms. The quantitative estimate of drug-likeness (QED) is 0.470. The fraction of sp³-hybridized carbons (Fsp3) is 0.556. The Bertz CT molecular complexity index is 1020. The normalized spacial score (nSPS) is 20.8. The first-order valence-corrected chi connectivity index (χ1v) is 14.1. The van der Waals surface area contributed by atoms with E-state index < -0.39 is 9.84 Å². The number of hydrogen-bond donors (Lipinski definition) is 1. The summed E-state index contributed by atoms with van der Waals surface area (Å²) in [4.78, 5) is 0. The lowest BCUT2D eigenvalue weighted by Gasteiger charge is -2.35. The van der Waals surface area contributed by atoms with Crippen LogP contribution in [0.4, 0.5) is 4.39 Å². The first-order valence-electron chi connectivity index (χ1n) is 12.2. The maximum atomic E-state index is 13.8. The number of sulfone groups is 1. The number of halogens is 1. The summed E-state index contributed by atoms with van der Waals surface area (Å²) >= 11 is 0. The average molecular weight is 458 g/mol. The number of likely N-dealkylation sites (N-methyl/N-ethyl adjacent to an activating group) is 1. The maximum Gasteiger partial charge on any atom is 0.150 e. The zero-order chi connectivity index (χ0) is 22.6. The van der Waals surface area contributed by atoms with E-state index in [2.05, 4.69) is 30.4 Å². The monoisotopic (exact) mass is 457 g/mol. The summed E-state index contributed by atoms with van der Waals surface area (Å²) in [7, 11) is -2.89. The van der Waals surface area contributed by atoms with Crippen LogP contribution in [0, 0.1) is 11.7 Å². The Kier molecular flexibility index (Phi) is 7.67. The van der Waals surface area contributed by atoms with Gasteiger partial charge in [0.15, 0.2) is 9.84 Å². The number of aryl methyl sites for hydroxylation is 2. The summed E-state index contributed by atoms with van der Waals surface area (Å²) in [5.74, 6) is 1.28. The Morgan fingerprint density at radius 1 is 1.03 bits per heavy atom. The standard InChI is InChI=1S/C27H36FNO2S/c1-2-29-27-14-13-23-12-11-20(6-3-4-15-32(30,31)19-21-9-10-21)17-25(23)26(27)18-22-7-5-8-24(28)16-22/h5,7-8,11-12,16-17,21,26-27,29H,2-4,6,9-10,13-15,18-19H2,1H3. The molecule has 0 spiro atoms. The van der Waals surface area contributed by atoms with Crippen molar-refractivity contribution < 1.29 is 12.8 Å². The summed E-state index contributed by atoms with van der Waals surface area (Å²) in [6.07, 6.45) is 7.69. The molecule has 2 aliphatic rings. The van der Waals surface area contributed by atoms with Crippen LogP contribution < -0.4 is 5.32 Å². The molecule has 0 amide bonds. The van der Waals surface area contributed by atoms with Crippen molar-refractivity contribution >= 4 is 9.84 Å². The second-order valence-corrected chi connectivity index (χ2v) is 11.9. The number of benzene rings is 2. The van der Waals surface area contributed by atoms with Crippen LogP contribution in [0.1, 0.15) is 67.2 Å². The zero-order valence-corrected chi connectivity index (χ0v) is 20.0. The van der Waals surface area contributed by atoms with Gasteiger partial charge in [0, 0.05) is 12.0 Å². The van der Waals surface area contributed by atoms with E-state index >= 15 is 0 Å². The lowest BCUT2D eigenvalue weighted by molar-refractivity contribution is 0.391. The van der Waals surface area contributed by atoms with Gasteiger partial charge >= 0.3 is 0 Å². The molecule has 0 saturated heterocycles. The van der Waals surface area contributed by atoms with Gasteiger partial charge in [-0.05, 0) is 98.2 Å². The highest BCUT2D eigenvalue weighted by atomic mass is 32.2. The lowest BCUT2D eigenvalue weighted by atomic mass is 9.75. The molecule has 2 aromatic rings. The molecule has 1 saturated carbocycles. The Morgan fingerprint density at radius 2 is 1.88 bits per heavy atom. The Morgan fingerprint density at radius 3 is 2.62 bits per heavy atom. The topological polar surface area (TPSA) is 46.2 Å². The van der Waals surface area contributed by atoms with Crippen molar-refractivity contribution in [3.63, 3.8) is 0 Å². The fourth-order valence-electron chi connectivity index (χ4n) is 5.16. The molecule has 1 fully saturated rings. The van der Waals surface area contributed by atoms with E-state index in [1.807, 2.05) is 6.07 Å². The molecular weight excluding hydrogens is 421 g/mol. The van der Waals surface area contributed by atoms with Crippen molar-refractivity contribution in [3.05, 3.63) is 70.5 Å². The minimum Gasteiger partial charge on any atom is -0.314 e. The number of nitrogens with one attached hydrogen (secondary N) is 1. The maximum absolute atomic E-state index is 13.8. The lowest BCUT2D eigenvalue weighted by Crippen LogP contribution is -2.39. The van der Waals surface area contributed by atoms with Gasteiger partial charge in [-0.2, -0.15) is 0 Å². The summed E-state index contributed by atoms with van der Waals surface area (Å²) in [6, 6.07) is 14.2. The van der Waals surface area contributed by atoms with Crippen LogP contribution in [0.25, 0.3) is 0 Å². The molecule has 0 heterocycles. The van der Waals surface area contributed by atoms with E-state index in [-0.39, 0.29) is 5.82 Å². The molecule has 0 aliphatic heterocycles. The van der Waals surface area contributed by atoms with Crippen LogP contribution in [0.3, 0.4) is 0 Å². The van der Waals surface area contributed by atoms with E-state index in [0.29, 0.717) is 29.4 Å². The summed E-state index contributed by atoms with van der Waals surface area (Å²) in [5, 5.41) is 3.66. The molecule has 32 heavy (non-hydrogen) atoms. The van der Waals surface area contributed by atoms with Crippen LogP contribution in [-0.4, -0.2) is 32.5 Å². The second kappa shape index (κ2) is 10.5. The van der Waals surface area contributed by atoms with Crippen LogP contribution in [0.5, 0.6) is 0 Å². The third-order valence-corrected chi connectivity index (χ3v) is 8.88. The first kappa shape index (κ1) is 23.4. The highest BCUT2D eigenvalue weighted by molar-refractivity contribution is 7.91. The van der Waals surface area contributed by atoms with Gasteiger partial charge in [0.25, 0.3) is 0 Å². The molecule has 4 rings (SSSR count). The molecule has 1 N–H and O–H groups in total. The van der Waals surface area contributed by atoms with Crippen molar-refractivity contribution in [2.24, 2.45) is 5.92 Å². The van der Waals surface area contributed by atoms with E-state index in [1.54, 1.807) is 12.1 Å². The largest absolute Gasteiger partial charge is 0.314 e. The van der Waals surface area contributed by atoms with Crippen molar-refractivity contribution in [2.75, 3.05) is 18.1 Å². The Hall–Kier alpha value is -1.72. The third kappa shape index (κ3) is 6.41. The minimum atomic E-state index is -2.89. The average Bonchev–Trinajstić information content (AvgIpc) is 3.56. The van der Waals surface area contributed by atoms with Crippen LogP contribution in [0.15, 0.2) is 42.5 Å². The van der Waals surface area contributed by atoms with Crippen molar-refractivity contribution in [3.8, 4) is 0 Å². The SMILES string of the molecule is CCNC1CCc2ccc(CCCCS(=O)(=O)CC3CC3)cc2C1Cc1cccc(F)c1. The van der Waals surface area contributed by atoms with Gasteiger partial charge in [0.05, 0.1) is 11.5 Å². The highest BCUT2D eigenvalue weighted by Crippen LogP contribution is 2.36. The molecule has 5 heteroatoms. The van der Waals surface area contributed by atoms with E-state index in [0.717, 1.165) is 63.5 Å². The van der Waals surface area contributed by atoms with Crippen molar-refractivity contribution in [1.82, 2.24) is 5.32 Å². The van der Waals surface area contributed by atoms with Crippen molar-refractivity contribution in [2.45, 2.75) is 70.3 Å². The van der Waals surface area contributed by atoms with Gasteiger partial charge in [0.1, 0.15) is 5.82 Å². The molecule has 2 aliphatic carbocycles. The number of fused-ring (bicyclic) bond motifs is 1. The van der Waals surface area contributed by atoms with Gasteiger partial charge in [-0.3, -0.25) is 0 Å².